The van der Waals surface area contributed by atoms with Gasteiger partial charge in [0.15, 0.2) is 0 Å². The zero-order valence-electron chi connectivity index (χ0n) is 17.1. The Kier molecular flexibility index (Phi) is 5.12. The molecule has 1 fully saturated rings. The molecule has 2 atom stereocenters. The average Bonchev–Trinajstić information content (AvgIpc) is 3.14. The van der Waals surface area contributed by atoms with Crippen LogP contribution in [0.5, 0.6) is 0 Å². The molecule has 158 valence electrons. The van der Waals surface area contributed by atoms with Gasteiger partial charge in [0.05, 0.1) is 16.0 Å². The number of carbonyl (C=O) groups excluding carboxylic acids is 1. The van der Waals surface area contributed by atoms with Crippen molar-refractivity contribution in [1.29, 1.82) is 0 Å². The number of benzene rings is 2. The maximum Gasteiger partial charge on any atom is 0.337 e. The minimum absolute atomic E-state index is 0.00466. The van der Waals surface area contributed by atoms with Gasteiger partial charge in [-0.3, -0.25) is 4.79 Å². The first-order chi connectivity index (χ1) is 14.0. The highest BCUT2D eigenvalue weighted by Crippen LogP contribution is 2.53. The van der Waals surface area contributed by atoms with Crippen molar-refractivity contribution in [3.8, 4) is 11.1 Å². The first-order valence-electron chi connectivity index (χ1n) is 9.95. The van der Waals surface area contributed by atoms with Crippen LogP contribution in [-0.2, 0) is 10.2 Å². The number of rotatable bonds is 3. The highest BCUT2D eigenvalue weighted by atomic mass is 35.5. The first kappa shape index (κ1) is 21.2. The number of carbonyl (C=O) groups is 2. The second-order valence-electron chi connectivity index (χ2n) is 9.29. The molecule has 3 N–H and O–H groups in total. The summed E-state index contributed by atoms with van der Waals surface area (Å²) in [6.45, 7) is 7.08. The molecular weight excluding hydrogens is 423 g/mol. The molecule has 2 aliphatic rings. The number of hydrogen-bond acceptors (Lipinski definition) is 3. The van der Waals surface area contributed by atoms with Crippen molar-refractivity contribution in [2.45, 2.75) is 45.1 Å². The van der Waals surface area contributed by atoms with E-state index in [9.17, 15) is 14.7 Å². The van der Waals surface area contributed by atoms with E-state index < -0.39 is 11.4 Å². The fourth-order valence-corrected chi connectivity index (χ4v) is 5.40. The molecule has 0 aromatic heterocycles. The quantitative estimate of drug-likeness (QED) is 0.593. The molecule has 1 amide bonds. The Bertz CT molecular complexity index is 1060. The molecule has 0 unspecified atom stereocenters. The second-order valence-corrected chi connectivity index (χ2v) is 10.1. The van der Waals surface area contributed by atoms with Crippen molar-refractivity contribution in [1.82, 2.24) is 5.32 Å². The van der Waals surface area contributed by atoms with E-state index in [1.165, 1.54) is 0 Å². The van der Waals surface area contributed by atoms with E-state index in [1.807, 2.05) is 6.07 Å². The van der Waals surface area contributed by atoms with E-state index in [0.29, 0.717) is 40.4 Å². The third kappa shape index (κ3) is 3.29. The molecule has 2 aromatic rings. The Morgan fingerprint density at radius 2 is 2.00 bits per heavy atom. The van der Waals surface area contributed by atoms with E-state index in [0.717, 1.165) is 6.42 Å². The van der Waals surface area contributed by atoms with Crippen LogP contribution in [-0.4, -0.2) is 29.6 Å². The minimum Gasteiger partial charge on any atom is -0.478 e. The lowest BCUT2D eigenvalue weighted by Gasteiger charge is -2.35. The molecule has 0 aliphatic carbocycles. The fraction of sp³-hybridized carbons (Fsp3) is 0.391. The van der Waals surface area contributed by atoms with Crippen LogP contribution in [0.25, 0.3) is 11.1 Å². The number of hydrogen-bond donors (Lipinski definition) is 3. The van der Waals surface area contributed by atoms with E-state index in [-0.39, 0.29) is 28.0 Å². The van der Waals surface area contributed by atoms with Crippen LogP contribution in [0.1, 0.15) is 49.5 Å². The van der Waals surface area contributed by atoms with Gasteiger partial charge in [-0.2, -0.15) is 0 Å². The third-order valence-corrected chi connectivity index (χ3v) is 6.56. The number of aromatic carboxylic acids is 1. The fourth-order valence-electron chi connectivity index (χ4n) is 4.92. The molecule has 1 saturated heterocycles. The lowest BCUT2D eigenvalue weighted by Crippen LogP contribution is -2.47. The zero-order valence-corrected chi connectivity index (χ0v) is 18.6. The molecule has 5 nitrogen and oxygen atoms in total. The van der Waals surface area contributed by atoms with Crippen molar-refractivity contribution < 1.29 is 14.7 Å². The summed E-state index contributed by atoms with van der Waals surface area (Å²) in [5, 5.41) is 17.1. The van der Waals surface area contributed by atoms with Crippen LogP contribution in [0.15, 0.2) is 30.3 Å². The molecule has 4 rings (SSSR count). The van der Waals surface area contributed by atoms with Gasteiger partial charge in [0.2, 0.25) is 5.91 Å². The van der Waals surface area contributed by atoms with Crippen molar-refractivity contribution in [2.24, 2.45) is 5.41 Å². The molecule has 30 heavy (non-hydrogen) atoms. The van der Waals surface area contributed by atoms with Gasteiger partial charge in [-0.05, 0) is 48.6 Å². The Morgan fingerprint density at radius 1 is 1.27 bits per heavy atom. The molecular formula is C23H24Cl2N2O3. The predicted molar refractivity (Wildman–Crippen MR) is 120 cm³/mol. The maximum absolute atomic E-state index is 13.4. The summed E-state index contributed by atoms with van der Waals surface area (Å²) in [7, 11) is 0. The Hall–Kier alpha value is -2.08. The van der Waals surface area contributed by atoms with Gasteiger partial charge in [-0.25, -0.2) is 4.79 Å². The SMILES string of the molecule is CC(C)(C)C[C@H]1NCC[C@@]12C(=O)Nc1cc(Cl)c(C(=O)O)c(-c3cccc(Cl)c3)c12. The molecule has 0 radical (unpaired) electrons. The van der Waals surface area contributed by atoms with Gasteiger partial charge < -0.3 is 15.7 Å². The number of halogens is 2. The number of nitrogens with one attached hydrogen (secondary N) is 2. The van der Waals surface area contributed by atoms with Gasteiger partial charge in [0.1, 0.15) is 0 Å². The number of fused-ring (bicyclic) bond motifs is 2. The summed E-state index contributed by atoms with van der Waals surface area (Å²) in [5.74, 6) is -1.25. The smallest absolute Gasteiger partial charge is 0.337 e. The molecule has 2 heterocycles. The molecule has 7 heteroatoms. The number of anilines is 1. The van der Waals surface area contributed by atoms with Gasteiger partial charge in [0.25, 0.3) is 0 Å². The lowest BCUT2D eigenvalue weighted by molar-refractivity contribution is -0.121. The summed E-state index contributed by atoms with van der Waals surface area (Å²) < 4.78 is 0. The number of carboxylic acid groups (broad SMARTS) is 1. The number of amides is 1. The Morgan fingerprint density at radius 3 is 2.63 bits per heavy atom. The Balaban J connectivity index is 2.06. The van der Waals surface area contributed by atoms with Crippen LogP contribution in [0.4, 0.5) is 5.69 Å². The van der Waals surface area contributed by atoms with E-state index in [2.05, 4.69) is 31.4 Å². The van der Waals surface area contributed by atoms with E-state index in [1.54, 1.807) is 24.3 Å². The van der Waals surface area contributed by atoms with Crippen LogP contribution in [0, 0.1) is 5.41 Å². The summed E-state index contributed by atoms with van der Waals surface area (Å²) in [5.41, 5.74) is 1.49. The van der Waals surface area contributed by atoms with Crippen LogP contribution in [0.3, 0.4) is 0 Å². The summed E-state index contributed by atoms with van der Waals surface area (Å²) in [6, 6.07) is 8.47. The van der Waals surface area contributed by atoms with E-state index in [4.69, 9.17) is 23.2 Å². The first-order valence-corrected chi connectivity index (χ1v) is 10.7. The summed E-state index contributed by atoms with van der Waals surface area (Å²) in [4.78, 5) is 25.7. The molecule has 2 aliphatic heterocycles. The van der Waals surface area contributed by atoms with Gasteiger partial charge >= 0.3 is 5.97 Å². The molecule has 0 saturated carbocycles. The van der Waals surface area contributed by atoms with Crippen molar-refractivity contribution in [2.75, 3.05) is 11.9 Å². The largest absolute Gasteiger partial charge is 0.478 e. The minimum atomic E-state index is -1.13. The summed E-state index contributed by atoms with van der Waals surface area (Å²) in [6.07, 6.45) is 1.35. The monoisotopic (exact) mass is 446 g/mol. The van der Waals surface area contributed by atoms with Crippen molar-refractivity contribution in [3.63, 3.8) is 0 Å². The van der Waals surface area contributed by atoms with Gasteiger partial charge in [-0.15, -0.1) is 0 Å². The number of carboxylic acids is 1. The third-order valence-electron chi connectivity index (χ3n) is 6.03. The van der Waals surface area contributed by atoms with Crippen LogP contribution >= 0.6 is 23.2 Å². The topological polar surface area (TPSA) is 78.4 Å². The Labute approximate surface area is 185 Å². The molecule has 2 aromatic carbocycles. The molecule has 1 spiro atoms. The maximum atomic E-state index is 13.4. The van der Waals surface area contributed by atoms with Crippen molar-refractivity contribution >= 4 is 40.8 Å². The second kappa shape index (κ2) is 7.26. The highest BCUT2D eigenvalue weighted by molar-refractivity contribution is 6.35. The van der Waals surface area contributed by atoms with Crippen molar-refractivity contribution in [3.05, 3.63) is 51.5 Å². The van der Waals surface area contributed by atoms with Gasteiger partial charge in [0, 0.05) is 27.9 Å². The van der Waals surface area contributed by atoms with E-state index >= 15 is 0 Å². The standard InChI is InChI=1S/C23H24Cl2N2O3/c1-22(2,3)11-16-23(7-8-26-16)19-15(27-21(23)30)10-14(25)18(20(28)29)17(19)12-5-4-6-13(24)9-12/h4-6,9-10,16,26H,7-8,11H2,1-3H3,(H,27,30)(H,28,29)/t16-,23-/m1/s1. The average molecular weight is 447 g/mol. The normalized spacial score (nSPS) is 23.0. The van der Waals surface area contributed by atoms with Crippen LogP contribution < -0.4 is 10.6 Å². The highest BCUT2D eigenvalue weighted by Gasteiger charge is 2.57. The predicted octanol–water partition coefficient (Wildman–Crippen LogP) is 5.35. The lowest BCUT2D eigenvalue weighted by atomic mass is 9.68. The van der Waals surface area contributed by atoms with Crippen LogP contribution in [0.2, 0.25) is 10.0 Å². The summed E-state index contributed by atoms with van der Waals surface area (Å²) >= 11 is 12.6. The zero-order chi connectivity index (χ0) is 21.8. The molecule has 0 bridgehead atoms. The van der Waals surface area contributed by atoms with Gasteiger partial charge in [-0.1, -0.05) is 56.1 Å².